The highest BCUT2D eigenvalue weighted by Gasteiger charge is 2.35. The van der Waals surface area contributed by atoms with Crippen molar-refractivity contribution < 1.29 is 8.42 Å². The lowest BCUT2D eigenvalue weighted by Crippen LogP contribution is -2.34. The predicted molar refractivity (Wildman–Crippen MR) is 112 cm³/mol. The predicted octanol–water partition coefficient (Wildman–Crippen LogP) is 5.67. The van der Waals surface area contributed by atoms with E-state index in [1.54, 1.807) is 20.8 Å². The highest BCUT2D eigenvalue weighted by Crippen LogP contribution is 2.44. The minimum absolute atomic E-state index is 0.255. The SMILES string of the molecule is [C-]#[N+]C1=C(C2CCC(CS(=O)(=O)C(C)(C)C)CC2)CC=C1c1ccccc1. The fourth-order valence-corrected chi connectivity index (χ4v) is 5.63. The molecule has 0 bridgehead atoms. The largest absolute Gasteiger partial charge is 0.238 e. The summed E-state index contributed by atoms with van der Waals surface area (Å²) in [6, 6.07) is 10.1. The maximum Gasteiger partial charge on any atom is 0.194 e. The smallest absolute Gasteiger partial charge is 0.194 e. The molecule has 0 heterocycles. The van der Waals surface area contributed by atoms with E-state index in [0.29, 0.717) is 11.7 Å². The molecule has 1 fully saturated rings. The summed E-state index contributed by atoms with van der Waals surface area (Å²) < 4.78 is 24.3. The van der Waals surface area contributed by atoms with Crippen LogP contribution in [0.15, 0.2) is 47.7 Å². The van der Waals surface area contributed by atoms with Gasteiger partial charge in [0.2, 0.25) is 0 Å². The number of sulfone groups is 1. The summed E-state index contributed by atoms with van der Waals surface area (Å²) in [5.41, 5.74) is 4.27. The number of allylic oxidation sites excluding steroid dienone is 3. The molecule has 144 valence electrons. The first-order valence-electron chi connectivity index (χ1n) is 9.81. The van der Waals surface area contributed by atoms with Gasteiger partial charge in [-0.15, -0.1) is 0 Å². The number of hydrogen-bond donors (Lipinski definition) is 0. The summed E-state index contributed by atoms with van der Waals surface area (Å²) in [5, 5.41) is 0. The third-order valence-corrected chi connectivity index (χ3v) is 8.79. The van der Waals surface area contributed by atoms with Crippen LogP contribution in [0.3, 0.4) is 0 Å². The molecular weight excluding hydrogens is 354 g/mol. The molecule has 4 heteroatoms. The second-order valence-electron chi connectivity index (χ2n) is 8.79. The van der Waals surface area contributed by atoms with Gasteiger partial charge in [0.15, 0.2) is 15.5 Å². The molecule has 3 rings (SSSR count). The van der Waals surface area contributed by atoms with Crippen molar-refractivity contribution in [2.45, 2.75) is 57.6 Å². The second-order valence-corrected chi connectivity index (χ2v) is 11.6. The van der Waals surface area contributed by atoms with Crippen LogP contribution < -0.4 is 0 Å². The number of rotatable bonds is 4. The van der Waals surface area contributed by atoms with E-state index in [1.165, 1.54) is 5.57 Å². The van der Waals surface area contributed by atoms with Gasteiger partial charge in [-0.1, -0.05) is 42.0 Å². The summed E-state index contributed by atoms with van der Waals surface area (Å²) in [4.78, 5) is 3.88. The van der Waals surface area contributed by atoms with E-state index in [9.17, 15) is 8.42 Å². The fourth-order valence-electron chi connectivity index (χ4n) is 4.18. The first-order valence-corrected chi connectivity index (χ1v) is 11.5. The van der Waals surface area contributed by atoms with Gasteiger partial charge in [-0.2, -0.15) is 0 Å². The van der Waals surface area contributed by atoms with Crippen molar-refractivity contribution in [3.8, 4) is 0 Å². The minimum Gasteiger partial charge on any atom is -0.238 e. The summed E-state index contributed by atoms with van der Waals surface area (Å²) in [6.45, 7) is 13.1. The van der Waals surface area contributed by atoms with E-state index >= 15 is 0 Å². The maximum absolute atomic E-state index is 12.5. The first-order chi connectivity index (χ1) is 12.7. The summed E-state index contributed by atoms with van der Waals surface area (Å²) >= 11 is 0. The molecule has 0 N–H and O–H groups in total. The lowest BCUT2D eigenvalue weighted by molar-refractivity contribution is 0.318. The van der Waals surface area contributed by atoms with E-state index in [-0.39, 0.29) is 5.92 Å². The Bertz CT molecular complexity index is 888. The monoisotopic (exact) mass is 383 g/mol. The van der Waals surface area contributed by atoms with Gasteiger partial charge in [0.05, 0.1) is 17.1 Å². The molecule has 0 radical (unpaired) electrons. The lowest BCUT2D eigenvalue weighted by atomic mass is 9.78. The van der Waals surface area contributed by atoms with Crippen LogP contribution in [0.4, 0.5) is 0 Å². The van der Waals surface area contributed by atoms with Crippen LogP contribution in [-0.2, 0) is 9.84 Å². The van der Waals surface area contributed by atoms with Gasteiger partial charge in [0.25, 0.3) is 0 Å². The third kappa shape index (κ3) is 4.19. The zero-order chi connectivity index (χ0) is 19.7. The molecule has 0 saturated heterocycles. The zero-order valence-electron chi connectivity index (χ0n) is 16.5. The van der Waals surface area contributed by atoms with Crippen LogP contribution in [0.25, 0.3) is 10.4 Å². The van der Waals surface area contributed by atoms with Crippen LogP contribution in [0.1, 0.15) is 58.4 Å². The molecule has 0 atom stereocenters. The molecule has 3 nitrogen and oxygen atoms in total. The number of hydrogen-bond acceptors (Lipinski definition) is 2. The topological polar surface area (TPSA) is 38.5 Å². The molecule has 2 aliphatic rings. The Morgan fingerprint density at radius 2 is 1.70 bits per heavy atom. The van der Waals surface area contributed by atoms with E-state index < -0.39 is 14.6 Å². The van der Waals surface area contributed by atoms with Gasteiger partial charge in [-0.25, -0.2) is 13.3 Å². The fraction of sp³-hybridized carbons (Fsp3) is 0.522. The first kappa shape index (κ1) is 19.9. The molecule has 1 aromatic carbocycles. The van der Waals surface area contributed by atoms with Crippen molar-refractivity contribution in [2.75, 3.05) is 5.75 Å². The molecule has 0 unspecified atom stereocenters. The van der Waals surface area contributed by atoms with Crippen LogP contribution >= 0.6 is 0 Å². The third-order valence-electron chi connectivity index (χ3n) is 6.01. The Balaban J connectivity index is 1.69. The van der Waals surface area contributed by atoms with Crippen molar-refractivity contribution in [2.24, 2.45) is 11.8 Å². The molecule has 0 aliphatic heterocycles. The van der Waals surface area contributed by atoms with E-state index in [0.717, 1.165) is 48.9 Å². The molecule has 1 aromatic rings. The summed E-state index contributed by atoms with van der Waals surface area (Å²) in [5.74, 6) is 0.969. The van der Waals surface area contributed by atoms with Gasteiger partial charge in [-0.05, 0) is 75.8 Å². The van der Waals surface area contributed by atoms with Crippen LogP contribution in [-0.4, -0.2) is 18.9 Å². The molecule has 2 aliphatic carbocycles. The summed E-state index contributed by atoms with van der Waals surface area (Å²) in [7, 11) is -3.06. The average Bonchev–Trinajstić information content (AvgIpc) is 3.06. The standard InChI is InChI=1S/C23H29NO2S/c1-23(2,3)27(25,26)16-17-10-12-19(13-11-17)21-15-14-20(22(21)24-4)18-8-6-5-7-9-18/h5-9,14,17,19H,10-13,15-16H2,1-3H3. The average molecular weight is 384 g/mol. The number of benzene rings is 1. The van der Waals surface area contributed by atoms with E-state index in [4.69, 9.17) is 6.57 Å². The Hall–Kier alpha value is -1.86. The Morgan fingerprint density at radius 1 is 1.07 bits per heavy atom. The quantitative estimate of drug-likeness (QED) is 0.629. The van der Waals surface area contributed by atoms with Gasteiger partial charge < -0.3 is 0 Å². The van der Waals surface area contributed by atoms with Crippen molar-refractivity contribution in [3.63, 3.8) is 0 Å². The molecule has 0 aromatic heterocycles. The molecular formula is C23H29NO2S. The normalized spacial score (nSPS) is 23.9. The zero-order valence-corrected chi connectivity index (χ0v) is 17.3. The Morgan fingerprint density at radius 3 is 2.26 bits per heavy atom. The van der Waals surface area contributed by atoms with Gasteiger partial charge in [0, 0.05) is 0 Å². The van der Waals surface area contributed by atoms with Crippen LogP contribution in [0.5, 0.6) is 0 Å². The lowest BCUT2D eigenvalue weighted by Gasteiger charge is -2.31. The number of nitrogens with zero attached hydrogens (tertiary/aromatic N) is 1. The van der Waals surface area contributed by atoms with Crippen molar-refractivity contribution in [1.29, 1.82) is 0 Å². The Kier molecular flexibility index (Phi) is 5.63. The highest BCUT2D eigenvalue weighted by atomic mass is 32.2. The van der Waals surface area contributed by atoms with Crippen molar-refractivity contribution in [1.82, 2.24) is 0 Å². The van der Waals surface area contributed by atoms with Crippen LogP contribution in [0, 0.1) is 18.4 Å². The van der Waals surface area contributed by atoms with Gasteiger partial charge in [0.1, 0.15) is 0 Å². The summed E-state index contributed by atoms with van der Waals surface area (Å²) in [6.07, 6.45) is 6.92. The van der Waals surface area contributed by atoms with Crippen molar-refractivity contribution >= 4 is 15.4 Å². The van der Waals surface area contributed by atoms with Crippen molar-refractivity contribution in [3.05, 3.63) is 64.7 Å². The highest BCUT2D eigenvalue weighted by molar-refractivity contribution is 7.92. The molecule has 0 spiro atoms. The molecule has 27 heavy (non-hydrogen) atoms. The van der Waals surface area contributed by atoms with E-state index in [1.807, 2.05) is 18.2 Å². The Labute approximate surface area is 163 Å². The maximum atomic E-state index is 12.5. The van der Waals surface area contributed by atoms with Gasteiger partial charge in [-0.3, -0.25) is 0 Å². The second kappa shape index (κ2) is 7.64. The minimum atomic E-state index is -3.06. The van der Waals surface area contributed by atoms with Crippen LogP contribution in [0.2, 0.25) is 0 Å². The van der Waals surface area contributed by atoms with Gasteiger partial charge >= 0.3 is 0 Å². The molecule has 1 saturated carbocycles. The van der Waals surface area contributed by atoms with E-state index in [2.05, 4.69) is 23.1 Å². The molecule has 0 amide bonds.